The van der Waals surface area contributed by atoms with Crippen LogP contribution in [0.1, 0.15) is 26.2 Å². The minimum atomic E-state index is -2.44. The number of fused-ring (bicyclic) bond motifs is 2. The molecule has 0 radical (unpaired) electrons. The van der Waals surface area contributed by atoms with E-state index in [1.54, 1.807) is 0 Å². The molecule has 11 heavy (non-hydrogen) atoms. The Bertz CT molecular complexity index is 212. The average Bonchev–Trinajstić information content (AvgIpc) is 2.43. The summed E-state index contributed by atoms with van der Waals surface area (Å²) in [6.07, 6.45) is 5.44. The van der Waals surface area contributed by atoms with Gasteiger partial charge in [0.25, 0.3) is 0 Å². The van der Waals surface area contributed by atoms with Crippen LogP contribution in [-0.4, -0.2) is 18.9 Å². The Morgan fingerprint density at radius 2 is 2.36 bits per heavy atom. The Hall–Kier alpha value is -0.123. The fourth-order valence-corrected chi connectivity index (χ4v) is 4.01. The molecule has 0 heterocycles. The zero-order valence-corrected chi connectivity index (χ0v) is 7.90. The highest BCUT2D eigenvalue weighted by Crippen LogP contribution is 2.59. The summed E-state index contributed by atoms with van der Waals surface area (Å²) in [6.45, 7) is 2.05. The number of rotatable bonds is 1. The van der Waals surface area contributed by atoms with Crippen molar-refractivity contribution in [2.75, 3.05) is 0 Å². The predicted octanol–water partition coefficient (Wildman–Crippen LogP) is 0.692. The third-order valence-corrected chi connectivity index (χ3v) is 5.32. The molecule has 2 bridgehead atoms. The first-order chi connectivity index (χ1) is 5.15. The monoisotopic (exact) mass is 170 g/mol. The van der Waals surface area contributed by atoms with Crippen molar-refractivity contribution in [3.63, 3.8) is 0 Å². The normalized spacial score (nSPS) is 41.8. The summed E-state index contributed by atoms with van der Waals surface area (Å²) in [6, 6.07) is 0. The van der Waals surface area contributed by atoms with Gasteiger partial charge in [0.2, 0.25) is 0 Å². The fraction of sp³-hybridized carbons (Fsp3) is 0.750. The summed E-state index contributed by atoms with van der Waals surface area (Å²) in [4.78, 5) is 18.7. The van der Waals surface area contributed by atoms with E-state index in [2.05, 4.69) is 6.08 Å². The van der Waals surface area contributed by atoms with Gasteiger partial charge in [-0.3, -0.25) is 0 Å². The van der Waals surface area contributed by atoms with Gasteiger partial charge in [-0.25, -0.2) is 0 Å². The molecule has 0 aromatic rings. The van der Waals surface area contributed by atoms with E-state index in [-0.39, 0.29) is 5.04 Å². The van der Waals surface area contributed by atoms with Crippen molar-refractivity contribution >= 4 is 9.28 Å². The topological polar surface area (TPSA) is 40.5 Å². The van der Waals surface area contributed by atoms with Crippen LogP contribution < -0.4 is 0 Å². The Kier molecular flexibility index (Phi) is 1.49. The lowest BCUT2D eigenvalue weighted by atomic mass is 9.99. The molecule has 2 rings (SSSR count). The quantitative estimate of drug-likeness (QED) is 0.449. The highest BCUT2D eigenvalue weighted by molar-refractivity contribution is 6.47. The van der Waals surface area contributed by atoms with Gasteiger partial charge in [0.05, 0.1) is 0 Å². The summed E-state index contributed by atoms with van der Waals surface area (Å²) in [7, 11) is -2.44. The highest BCUT2D eigenvalue weighted by Gasteiger charge is 2.50. The van der Waals surface area contributed by atoms with Gasteiger partial charge in [-0.05, 0) is 32.1 Å². The Balaban J connectivity index is 2.33. The largest absolute Gasteiger partial charge is 0.412 e. The van der Waals surface area contributed by atoms with Gasteiger partial charge >= 0.3 is 9.28 Å². The SMILES string of the molecule is CC1=CC2CCC1([SiH](O)O)C2. The lowest BCUT2D eigenvalue weighted by molar-refractivity contribution is 0.355. The van der Waals surface area contributed by atoms with E-state index in [0.717, 1.165) is 12.8 Å². The second-order valence-electron chi connectivity index (χ2n) is 3.88. The van der Waals surface area contributed by atoms with Crippen molar-refractivity contribution in [1.82, 2.24) is 0 Å². The van der Waals surface area contributed by atoms with Crippen molar-refractivity contribution < 1.29 is 9.59 Å². The van der Waals surface area contributed by atoms with Crippen molar-refractivity contribution in [3.05, 3.63) is 11.6 Å². The van der Waals surface area contributed by atoms with Crippen LogP contribution in [0.3, 0.4) is 0 Å². The van der Waals surface area contributed by atoms with Crippen LogP contribution in [0.15, 0.2) is 11.6 Å². The molecular formula is C8H14O2Si. The minimum absolute atomic E-state index is 0.120. The van der Waals surface area contributed by atoms with Gasteiger partial charge in [0.1, 0.15) is 0 Å². The molecule has 0 aromatic carbocycles. The second-order valence-corrected chi connectivity index (χ2v) is 5.73. The summed E-state index contributed by atoms with van der Waals surface area (Å²) in [5.41, 5.74) is 1.25. The summed E-state index contributed by atoms with van der Waals surface area (Å²) in [5, 5.41) is -0.120. The first-order valence-corrected chi connectivity index (χ1v) is 5.81. The molecule has 0 saturated heterocycles. The van der Waals surface area contributed by atoms with Crippen molar-refractivity contribution in [1.29, 1.82) is 0 Å². The molecule has 2 nitrogen and oxygen atoms in total. The maximum Gasteiger partial charge on any atom is 0.326 e. The molecule has 0 spiro atoms. The van der Waals surface area contributed by atoms with Crippen LogP contribution in [0, 0.1) is 5.92 Å². The van der Waals surface area contributed by atoms with Crippen LogP contribution in [-0.2, 0) is 0 Å². The molecular weight excluding hydrogens is 156 g/mol. The zero-order valence-electron chi connectivity index (χ0n) is 6.75. The molecule has 2 aliphatic carbocycles. The fourth-order valence-electron chi connectivity index (χ4n) is 2.57. The number of hydrogen-bond acceptors (Lipinski definition) is 2. The first-order valence-electron chi connectivity index (χ1n) is 4.20. The number of hydrogen-bond donors (Lipinski definition) is 2. The van der Waals surface area contributed by atoms with E-state index >= 15 is 0 Å². The van der Waals surface area contributed by atoms with Gasteiger partial charge < -0.3 is 9.59 Å². The van der Waals surface area contributed by atoms with E-state index in [0.29, 0.717) is 5.92 Å². The maximum atomic E-state index is 9.35. The van der Waals surface area contributed by atoms with Gasteiger partial charge in [-0.15, -0.1) is 0 Å². The van der Waals surface area contributed by atoms with Crippen molar-refractivity contribution in [2.24, 2.45) is 5.92 Å². The van der Waals surface area contributed by atoms with Crippen LogP contribution in [0.4, 0.5) is 0 Å². The highest BCUT2D eigenvalue weighted by atomic mass is 28.3. The zero-order chi connectivity index (χ0) is 8.06. The lowest BCUT2D eigenvalue weighted by Gasteiger charge is -2.28. The third-order valence-electron chi connectivity index (χ3n) is 3.35. The lowest BCUT2D eigenvalue weighted by Crippen LogP contribution is -2.30. The van der Waals surface area contributed by atoms with Crippen LogP contribution in [0.25, 0.3) is 0 Å². The Labute approximate surface area is 68.4 Å². The Morgan fingerprint density at radius 1 is 1.64 bits per heavy atom. The van der Waals surface area contributed by atoms with Crippen LogP contribution in [0.5, 0.6) is 0 Å². The third kappa shape index (κ3) is 0.848. The summed E-state index contributed by atoms with van der Waals surface area (Å²) >= 11 is 0. The standard InChI is InChI=1S/C8H14O2Si/c1-6-4-7-2-3-8(6,5-7)11(9)10/h4,7,9-11H,2-3,5H2,1H3. The van der Waals surface area contributed by atoms with Gasteiger partial charge in [-0.2, -0.15) is 0 Å². The molecule has 0 aromatic heterocycles. The molecule has 2 N–H and O–H groups in total. The van der Waals surface area contributed by atoms with Gasteiger partial charge in [-0.1, -0.05) is 11.6 Å². The van der Waals surface area contributed by atoms with Gasteiger partial charge in [0, 0.05) is 5.04 Å². The van der Waals surface area contributed by atoms with Crippen molar-refractivity contribution in [2.45, 2.75) is 31.2 Å². The average molecular weight is 170 g/mol. The Morgan fingerprint density at radius 3 is 2.64 bits per heavy atom. The molecule has 0 amide bonds. The molecule has 1 saturated carbocycles. The van der Waals surface area contributed by atoms with Gasteiger partial charge in [0.15, 0.2) is 0 Å². The predicted molar refractivity (Wildman–Crippen MR) is 45.4 cm³/mol. The smallest absolute Gasteiger partial charge is 0.326 e. The minimum Gasteiger partial charge on any atom is -0.412 e. The molecule has 2 aliphatic rings. The molecule has 2 unspecified atom stereocenters. The van der Waals surface area contributed by atoms with Crippen molar-refractivity contribution in [3.8, 4) is 0 Å². The van der Waals surface area contributed by atoms with E-state index in [9.17, 15) is 9.59 Å². The van der Waals surface area contributed by atoms with E-state index in [1.807, 2.05) is 6.92 Å². The summed E-state index contributed by atoms with van der Waals surface area (Å²) in [5.74, 6) is 0.657. The van der Waals surface area contributed by atoms with Crippen LogP contribution in [0.2, 0.25) is 5.04 Å². The van der Waals surface area contributed by atoms with Crippen LogP contribution >= 0.6 is 0 Å². The summed E-state index contributed by atoms with van der Waals surface area (Å²) < 4.78 is 0. The van der Waals surface area contributed by atoms with E-state index < -0.39 is 9.28 Å². The molecule has 2 atom stereocenters. The van der Waals surface area contributed by atoms with E-state index in [1.165, 1.54) is 12.0 Å². The first kappa shape index (κ1) is 7.52. The number of allylic oxidation sites excluding steroid dienone is 2. The molecule has 0 aliphatic heterocycles. The maximum absolute atomic E-state index is 9.35. The second kappa shape index (κ2) is 2.18. The van der Waals surface area contributed by atoms with E-state index in [4.69, 9.17) is 0 Å². The molecule has 62 valence electrons. The molecule has 3 heteroatoms. The molecule has 1 fully saturated rings.